The highest BCUT2D eigenvalue weighted by molar-refractivity contribution is 7.10. The zero-order valence-corrected chi connectivity index (χ0v) is 11.7. The Kier molecular flexibility index (Phi) is 4.96. The molecule has 0 aliphatic heterocycles. The van der Waals surface area contributed by atoms with E-state index in [1.54, 1.807) is 0 Å². The van der Waals surface area contributed by atoms with Crippen LogP contribution >= 0.6 is 11.3 Å². The first-order valence-corrected chi connectivity index (χ1v) is 6.95. The van der Waals surface area contributed by atoms with Crippen LogP contribution in [0, 0.1) is 0 Å². The van der Waals surface area contributed by atoms with Crippen LogP contribution in [-0.2, 0) is 0 Å². The molecule has 1 aromatic rings. The Morgan fingerprint density at radius 3 is 2.44 bits per heavy atom. The molecule has 0 aliphatic carbocycles. The lowest BCUT2D eigenvalue weighted by Gasteiger charge is -2.43. The standard InChI is InChI=1S/C13H24N2S/c1-5-13(6-2,10-14)15(4)11(3)12-8-7-9-16-12/h7-9,11H,5-6,10,14H2,1-4H3. The smallest absolute Gasteiger partial charge is 0.0416 e. The summed E-state index contributed by atoms with van der Waals surface area (Å²) in [5.74, 6) is 0. The van der Waals surface area contributed by atoms with Crippen molar-refractivity contribution in [1.82, 2.24) is 4.90 Å². The van der Waals surface area contributed by atoms with Crippen LogP contribution in [0.5, 0.6) is 0 Å². The molecule has 1 rings (SSSR count). The Morgan fingerprint density at radius 2 is 2.06 bits per heavy atom. The number of hydrogen-bond acceptors (Lipinski definition) is 3. The first-order chi connectivity index (χ1) is 7.61. The van der Waals surface area contributed by atoms with Crippen molar-refractivity contribution in [3.05, 3.63) is 22.4 Å². The average molecular weight is 240 g/mol. The van der Waals surface area contributed by atoms with E-state index in [-0.39, 0.29) is 5.54 Å². The van der Waals surface area contributed by atoms with Gasteiger partial charge in [0.2, 0.25) is 0 Å². The molecule has 0 saturated carbocycles. The molecule has 1 aromatic heterocycles. The van der Waals surface area contributed by atoms with Gasteiger partial charge in [-0.1, -0.05) is 19.9 Å². The van der Waals surface area contributed by atoms with Crippen LogP contribution in [0.3, 0.4) is 0 Å². The summed E-state index contributed by atoms with van der Waals surface area (Å²) in [7, 11) is 2.20. The van der Waals surface area contributed by atoms with E-state index in [2.05, 4.69) is 50.2 Å². The molecule has 0 aliphatic rings. The molecule has 3 heteroatoms. The molecule has 0 fully saturated rings. The second-order valence-electron chi connectivity index (χ2n) is 4.44. The number of nitrogens with zero attached hydrogens (tertiary/aromatic N) is 1. The number of thiophene rings is 1. The number of rotatable bonds is 6. The van der Waals surface area contributed by atoms with Gasteiger partial charge in [0.25, 0.3) is 0 Å². The molecule has 1 atom stereocenters. The zero-order valence-electron chi connectivity index (χ0n) is 10.9. The molecule has 0 spiro atoms. The van der Waals surface area contributed by atoms with Crippen molar-refractivity contribution >= 4 is 11.3 Å². The fraction of sp³-hybridized carbons (Fsp3) is 0.692. The number of hydrogen-bond donors (Lipinski definition) is 1. The van der Waals surface area contributed by atoms with Gasteiger partial charge in [0.15, 0.2) is 0 Å². The Morgan fingerprint density at radius 1 is 1.44 bits per heavy atom. The van der Waals surface area contributed by atoms with Crippen LogP contribution in [0.25, 0.3) is 0 Å². The lowest BCUT2D eigenvalue weighted by molar-refractivity contribution is 0.0774. The van der Waals surface area contributed by atoms with Gasteiger partial charge in [-0.2, -0.15) is 0 Å². The van der Waals surface area contributed by atoms with Crippen LogP contribution in [0.1, 0.15) is 44.5 Å². The van der Waals surface area contributed by atoms with Crippen LogP contribution in [0.2, 0.25) is 0 Å². The molecule has 92 valence electrons. The maximum Gasteiger partial charge on any atom is 0.0416 e. The van der Waals surface area contributed by atoms with Crippen LogP contribution in [0.15, 0.2) is 17.5 Å². The average Bonchev–Trinajstić information content (AvgIpc) is 2.84. The Labute approximate surface area is 103 Å². The van der Waals surface area contributed by atoms with E-state index in [4.69, 9.17) is 5.73 Å². The topological polar surface area (TPSA) is 29.3 Å². The van der Waals surface area contributed by atoms with Crippen molar-refractivity contribution in [3.63, 3.8) is 0 Å². The molecule has 2 N–H and O–H groups in total. The summed E-state index contributed by atoms with van der Waals surface area (Å²) >= 11 is 1.82. The predicted octanol–water partition coefficient (Wildman–Crippen LogP) is 3.26. The molecule has 0 radical (unpaired) electrons. The Hall–Kier alpha value is -0.380. The fourth-order valence-corrected chi connectivity index (χ4v) is 3.14. The van der Waals surface area contributed by atoms with Crippen LogP contribution in [-0.4, -0.2) is 24.0 Å². The summed E-state index contributed by atoms with van der Waals surface area (Å²) < 4.78 is 0. The highest BCUT2D eigenvalue weighted by Gasteiger charge is 2.32. The summed E-state index contributed by atoms with van der Waals surface area (Å²) in [5, 5.41) is 2.14. The molecule has 1 unspecified atom stereocenters. The van der Waals surface area contributed by atoms with Crippen molar-refractivity contribution < 1.29 is 0 Å². The molecule has 1 heterocycles. The summed E-state index contributed by atoms with van der Waals surface area (Å²) in [6.07, 6.45) is 2.21. The predicted molar refractivity (Wildman–Crippen MR) is 72.9 cm³/mol. The summed E-state index contributed by atoms with van der Waals surface area (Å²) in [5.41, 5.74) is 6.12. The van der Waals surface area contributed by atoms with E-state index in [0.29, 0.717) is 6.04 Å². The second kappa shape index (κ2) is 5.80. The van der Waals surface area contributed by atoms with Gasteiger partial charge in [0, 0.05) is 23.0 Å². The van der Waals surface area contributed by atoms with Crippen molar-refractivity contribution in [2.45, 2.75) is 45.2 Å². The minimum atomic E-state index is 0.142. The number of nitrogens with two attached hydrogens (primary N) is 1. The van der Waals surface area contributed by atoms with Crippen molar-refractivity contribution in [2.75, 3.05) is 13.6 Å². The summed E-state index contributed by atoms with van der Waals surface area (Å²) in [4.78, 5) is 3.86. The first kappa shape index (κ1) is 13.7. The van der Waals surface area contributed by atoms with Gasteiger partial charge in [-0.15, -0.1) is 11.3 Å². The van der Waals surface area contributed by atoms with Gasteiger partial charge < -0.3 is 5.73 Å². The minimum absolute atomic E-state index is 0.142. The maximum atomic E-state index is 5.98. The monoisotopic (exact) mass is 240 g/mol. The molecular formula is C13H24N2S. The molecule has 0 saturated heterocycles. The molecule has 16 heavy (non-hydrogen) atoms. The van der Waals surface area contributed by atoms with E-state index >= 15 is 0 Å². The van der Waals surface area contributed by atoms with Crippen molar-refractivity contribution in [1.29, 1.82) is 0 Å². The van der Waals surface area contributed by atoms with Gasteiger partial charge >= 0.3 is 0 Å². The third-order valence-corrected chi connectivity index (χ3v) is 5.02. The molecule has 0 bridgehead atoms. The minimum Gasteiger partial charge on any atom is -0.329 e. The van der Waals surface area contributed by atoms with Gasteiger partial charge in [-0.05, 0) is 38.3 Å². The normalized spacial score (nSPS) is 14.4. The highest BCUT2D eigenvalue weighted by atomic mass is 32.1. The quantitative estimate of drug-likeness (QED) is 0.827. The lowest BCUT2D eigenvalue weighted by atomic mass is 9.89. The van der Waals surface area contributed by atoms with Gasteiger partial charge in [0.05, 0.1) is 0 Å². The fourth-order valence-electron chi connectivity index (χ4n) is 2.31. The molecule has 0 aromatic carbocycles. The molecular weight excluding hydrogens is 216 g/mol. The van der Waals surface area contributed by atoms with E-state index < -0.39 is 0 Å². The zero-order chi connectivity index (χ0) is 12.2. The van der Waals surface area contributed by atoms with E-state index in [1.165, 1.54) is 4.88 Å². The largest absolute Gasteiger partial charge is 0.329 e. The highest BCUT2D eigenvalue weighted by Crippen LogP contribution is 2.32. The maximum absolute atomic E-state index is 5.98. The van der Waals surface area contributed by atoms with Crippen LogP contribution < -0.4 is 5.73 Å². The third kappa shape index (κ3) is 2.47. The third-order valence-electron chi connectivity index (χ3n) is 3.98. The Balaban J connectivity index is 2.86. The van der Waals surface area contributed by atoms with E-state index in [1.807, 2.05) is 11.3 Å². The van der Waals surface area contributed by atoms with Crippen LogP contribution in [0.4, 0.5) is 0 Å². The van der Waals surface area contributed by atoms with E-state index in [0.717, 1.165) is 19.4 Å². The molecule has 2 nitrogen and oxygen atoms in total. The first-order valence-electron chi connectivity index (χ1n) is 6.07. The Bertz CT molecular complexity index is 283. The summed E-state index contributed by atoms with van der Waals surface area (Å²) in [6, 6.07) is 4.77. The van der Waals surface area contributed by atoms with Crippen molar-refractivity contribution in [2.24, 2.45) is 5.73 Å². The lowest BCUT2D eigenvalue weighted by Crippen LogP contribution is -2.51. The SMILES string of the molecule is CCC(CC)(CN)N(C)C(C)c1cccs1. The van der Waals surface area contributed by atoms with Gasteiger partial charge in [0.1, 0.15) is 0 Å². The van der Waals surface area contributed by atoms with E-state index in [9.17, 15) is 0 Å². The molecule has 0 amide bonds. The van der Waals surface area contributed by atoms with Gasteiger partial charge in [-0.25, -0.2) is 0 Å². The second-order valence-corrected chi connectivity index (χ2v) is 5.42. The summed E-state index contributed by atoms with van der Waals surface area (Å²) in [6.45, 7) is 7.45. The van der Waals surface area contributed by atoms with Crippen molar-refractivity contribution in [3.8, 4) is 0 Å². The van der Waals surface area contributed by atoms with Gasteiger partial charge in [-0.3, -0.25) is 4.90 Å². The number of likely N-dealkylation sites (N-methyl/N-ethyl adjacent to an activating group) is 1.